The fourth-order valence-corrected chi connectivity index (χ4v) is 3.19. The fourth-order valence-electron chi connectivity index (χ4n) is 2.36. The lowest BCUT2D eigenvalue weighted by molar-refractivity contribution is 0.417. The zero-order valence-corrected chi connectivity index (χ0v) is 14.0. The van der Waals surface area contributed by atoms with Crippen LogP contribution in [0, 0.1) is 0 Å². The Morgan fingerprint density at radius 3 is 2.76 bits per heavy atom. The molecule has 1 N–H and O–H groups in total. The molecule has 0 aliphatic heterocycles. The summed E-state index contributed by atoms with van der Waals surface area (Å²) in [6.07, 6.45) is 4.98. The number of para-hydroxylation sites is 2. The van der Waals surface area contributed by atoms with Crippen molar-refractivity contribution >= 4 is 28.2 Å². The third kappa shape index (κ3) is 2.83. The minimum absolute atomic E-state index is 0.213. The molecule has 0 fully saturated rings. The molecule has 8 heteroatoms. The number of hydrogen-bond donors (Lipinski definition) is 1. The first-order valence-electron chi connectivity index (χ1n) is 7.46. The van der Waals surface area contributed by atoms with Crippen molar-refractivity contribution in [3.05, 3.63) is 63.7 Å². The van der Waals surface area contributed by atoms with Crippen molar-refractivity contribution in [2.75, 3.05) is 12.4 Å². The first-order chi connectivity index (χ1) is 12.3. The molecule has 25 heavy (non-hydrogen) atoms. The number of aromatic nitrogens is 4. The lowest BCUT2D eigenvalue weighted by Gasteiger charge is -2.06. The van der Waals surface area contributed by atoms with E-state index < -0.39 is 0 Å². The van der Waals surface area contributed by atoms with Crippen molar-refractivity contribution < 1.29 is 4.74 Å². The second-order valence-corrected chi connectivity index (χ2v) is 6.14. The van der Waals surface area contributed by atoms with Gasteiger partial charge in [-0.05, 0) is 24.3 Å². The van der Waals surface area contributed by atoms with E-state index in [0.717, 1.165) is 11.3 Å². The number of fused-ring (bicyclic) bond motifs is 1. The third-order valence-electron chi connectivity index (χ3n) is 3.59. The molecule has 0 saturated carbocycles. The first-order valence-corrected chi connectivity index (χ1v) is 8.27. The number of methoxy groups -OCH3 is 1. The molecule has 0 atom stereocenters. The topological polar surface area (TPSA) is 81.4 Å². The minimum Gasteiger partial charge on any atom is -0.495 e. The molecular weight excluding hydrogens is 338 g/mol. The number of thiazole rings is 1. The number of pyridine rings is 1. The van der Waals surface area contributed by atoms with E-state index in [1.165, 1.54) is 15.9 Å². The number of hydrogen-bond acceptors (Lipinski definition) is 7. The maximum atomic E-state index is 12.5. The smallest absolute Gasteiger partial charge is 0.292 e. The van der Waals surface area contributed by atoms with Crippen LogP contribution in [-0.2, 0) is 0 Å². The molecule has 0 aliphatic carbocycles. The molecule has 0 unspecified atom stereocenters. The van der Waals surface area contributed by atoms with Gasteiger partial charge in [0.1, 0.15) is 10.3 Å². The predicted octanol–water partition coefficient (Wildman–Crippen LogP) is 1.79. The van der Waals surface area contributed by atoms with Gasteiger partial charge < -0.3 is 10.1 Å². The van der Waals surface area contributed by atoms with Crippen molar-refractivity contribution in [1.82, 2.24) is 19.6 Å². The molecule has 124 valence electrons. The summed E-state index contributed by atoms with van der Waals surface area (Å²) in [5, 5.41) is 7.40. The fraction of sp³-hybridized carbons (Fsp3) is 0.0588. The molecule has 3 aromatic heterocycles. The van der Waals surface area contributed by atoms with E-state index in [0.29, 0.717) is 21.1 Å². The van der Waals surface area contributed by atoms with Gasteiger partial charge in [-0.25, -0.2) is 0 Å². The largest absolute Gasteiger partial charge is 0.495 e. The van der Waals surface area contributed by atoms with E-state index in [1.807, 2.05) is 24.3 Å². The van der Waals surface area contributed by atoms with Gasteiger partial charge in [0, 0.05) is 24.2 Å². The van der Waals surface area contributed by atoms with Gasteiger partial charge >= 0.3 is 0 Å². The molecule has 0 saturated heterocycles. The molecule has 4 rings (SSSR count). The van der Waals surface area contributed by atoms with E-state index in [9.17, 15) is 4.79 Å². The van der Waals surface area contributed by atoms with Crippen molar-refractivity contribution in [2.24, 2.45) is 0 Å². The Kier molecular flexibility index (Phi) is 3.87. The normalized spacial score (nSPS) is 11.8. The van der Waals surface area contributed by atoms with Crippen LogP contribution in [0.3, 0.4) is 0 Å². The molecule has 0 bridgehead atoms. The molecule has 1 aromatic carbocycles. The average Bonchev–Trinajstić information content (AvgIpc) is 3.20. The summed E-state index contributed by atoms with van der Waals surface area (Å²) in [5.41, 5.74) is 1.39. The lowest BCUT2D eigenvalue weighted by atomic mass is 10.3. The van der Waals surface area contributed by atoms with E-state index in [2.05, 4.69) is 20.4 Å². The van der Waals surface area contributed by atoms with Crippen LogP contribution in [0.4, 0.5) is 5.69 Å². The van der Waals surface area contributed by atoms with Gasteiger partial charge in [0.2, 0.25) is 4.96 Å². The number of ether oxygens (including phenoxy) is 1. The van der Waals surface area contributed by atoms with Gasteiger partial charge in [-0.15, -0.1) is 5.10 Å². The Morgan fingerprint density at radius 2 is 2.00 bits per heavy atom. The van der Waals surface area contributed by atoms with Gasteiger partial charge in [-0.2, -0.15) is 9.50 Å². The molecule has 7 nitrogen and oxygen atoms in total. The van der Waals surface area contributed by atoms with Crippen LogP contribution in [0.1, 0.15) is 0 Å². The van der Waals surface area contributed by atoms with Crippen molar-refractivity contribution in [3.63, 3.8) is 0 Å². The zero-order chi connectivity index (χ0) is 17.2. The number of benzene rings is 1. The molecular formula is C17H13N5O2S. The van der Waals surface area contributed by atoms with E-state index in [1.54, 1.807) is 37.8 Å². The monoisotopic (exact) mass is 351 g/mol. The van der Waals surface area contributed by atoms with Crippen LogP contribution >= 0.6 is 11.3 Å². The average molecular weight is 351 g/mol. The van der Waals surface area contributed by atoms with Crippen molar-refractivity contribution in [3.8, 4) is 17.1 Å². The Bertz CT molecular complexity index is 1140. The van der Waals surface area contributed by atoms with Crippen molar-refractivity contribution in [2.45, 2.75) is 0 Å². The van der Waals surface area contributed by atoms with Gasteiger partial charge in [0.25, 0.3) is 5.56 Å². The van der Waals surface area contributed by atoms with Gasteiger partial charge in [-0.1, -0.05) is 23.5 Å². The second kappa shape index (κ2) is 6.33. The number of nitrogens with one attached hydrogen (secondary N) is 1. The minimum atomic E-state index is -0.213. The molecule has 3 heterocycles. The zero-order valence-electron chi connectivity index (χ0n) is 13.2. The highest BCUT2D eigenvalue weighted by Crippen LogP contribution is 2.22. The second-order valence-electron chi connectivity index (χ2n) is 5.13. The van der Waals surface area contributed by atoms with E-state index in [-0.39, 0.29) is 5.56 Å². The first kappa shape index (κ1) is 15.3. The Hall–Kier alpha value is -3.26. The number of anilines is 1. The molecule has 0 spiro atoms. The van der Waals surface area contributed by atoms with E-state index in [4.69, 9.17) is 4.74 Å². The molecule has 0 radical (unpaired) electrons. The van der Waals surface area contributed by atoms with Crippen LogP contribution in [-0.4, -0.2) is 26.7 Å². The maximum absolute atomic E-state index is 12.5. The molecule has 0 amide bonds. The molecule has 4 aromatic rings. The van der Waals surface area contributed by atoms with Crippen LogP contribution in [0.5, 0.6) is 5.75 Å². The van der Waals surface area contributed by atoms with Crippen LogP contribution < -0.4 is 20.1 Å². The highest BCUT2D eigenvalue weighted by atomic mass is 32.1. The van der Waals surface area contributed by atoms with Gasteiger partial charge in [0.05, 0.1) is 12.8 Å². The summed E-state index contributed by atoms with van der Waals surface area (Å²) in [4.78, 5) is 21.4. The summed E-state index contributed by atoms with van der Waals surface area (Å²) in [6, 6.07) is 11.1. The third-order valence-corrected chi connectivity index (χ3v) is 4.55. The highest BCUT2D eigenvalue weighted by Gasteiger charge is 2.11. The summed E-state index contributed by atoms with van der Waals surface area (Å²) < 4.78 is 7.11. The van der Waals surface area contributed by atoms with E-state index >= 15 is 0 Å². The van der Waals surface area contributed by atoms with Gasteiger partial charge in [-0.3, -0.25) is 9.78 Å². The quantitative estimate of drug-likeness (QED) is 0.604. The number of nitrogens with zero attached hydrogens (tertiary/aromatic N) is 4. The van der Waals surface area contributed by atoms with Gasteiger partial charge in [0.15, 0.2) is 5.82 Å². The standard InChI is InChI=1S/C17H13N5O2S/c1-24-13-5-3-2-4-12(13)19-10-14-16(23)22-17(25-14)20-15(21-22)11-6-8-18-9-7-11/h2-10,19H,1H3/b14-10-. The number of rotatable bonds is 4. The maximum Gasteiger partial charge on any atom is 0.292 e. The Balaban J connectivity index is 1.71. The predicted molar refractivity (Wildman–Crippen MR) is 96.7 cm³/mol. The van der Waals surface area contributed by atoms with Crippen LogP contribution in [0.15, 0.2) is 53.6 Å². The molecule has 0 aliphatic rings. The Morgan fingerprint density at radius 1 is 1.20 bits per heavy atom. The summed E-state index contributed by atoms with van der Waals surface area (Å²) in [5.74, 6) is 1.21. The Labute approximate surface area is 146 Å². The summed E-state index contributed by atoms with van der Waals surface area (Å²) in [6.45, 7) is 0. The summed E-state index contributed by atoms with van der Waals surface area (Å²) >= 11 is 1.27. The SMILES string of the molecule is COc1ccccc1N/C=c1\sc2nc(-c3ccncc3)nn2c1=O. The van der Waals surface area contributed by atoms with Crippen LogP contribution in [0.2, 0.25) is 0 Å². The highest BCUT2D eigenvalue weighted by molar-refractivity contribution is 7.15. The lowest BCUT2D eigenvalue weighted by Crippen LogP contribution is -2.24. The summed E-state index contributed by atoms with van der Waals surface area (Å²) in [7, 11) is 1.60. The van der Waals surface area contributed by atoms with Crippen LogP contribution in [0.25, 0.3) is 22.5 Å². The van der Waals surface area contributed by atoms with Crippen molar-refractivity contribution in [1.29, 1.82) is 0 Å².